The number of nitrogens with two attached hydrogens (primary N) is 1. The average Bonchev–Trinajstić information content (AvgIpc) is 2.89. The fourth-order valence-corrected chi connectivity index (χ4v) is 2.76. The molecule has 0 bridgehead atoms. The summed E-state index contributed by atoms with van der Waals surface area (Å²) in [6.45, 7) is 3.01. The summed E-state index contributed by atoms with van der Waals surface area (Å²) in [4.78, 5) is 11.0. The van der Waals surface area contributed by atoms with Crippen molar-refractivity contribution in [1.82, 2.24) is 9.97 Å². The van der Waals surface area contributed by atoms with E-state index < -0.39 is 0 Å². The molecule has 3 rings (SSSR count). The molecule has 0 amide bonds. The van der Waals surface area contributed by atoms with Gasteiger partial charge in [0.25, 0.3) is 0 Å². The molecule has 0 saturated carbocycles. The number of aromatic nitrogens is 2. The number of hydrogen-bond donors (Lipinski definition) is 1. The molecule has 1 aliphatic rings. The predicted molar refractivity (Wildman–Crippen MR) is 76.9 cm³/mol. The molecule has 19 heavy (non-hydrogen) atoms. The first kappa shape index (κ1) is 12.0. The van der Waals surface area contributed by atoms with E-state index in [0.29, 0.717) is 6.04 Å². The van der Waals surface area contributed by atoms with Crippen LogP contribution in [-0.4, -0.2) is 16.5 Å². The van der Waals surface area contributed by atoms with Crippen molar-refractivity contribution in [3.05, 3.63) is 47.9 Å². The molecule has 1 aliphatic heterocycles. The first-order valence-electron chi connectivity index (χ1n) is 6.64. The van der Waals surface area contributed by atoms with Crippen LogP contribution >= 0.6 is 0 Å². The first-order chi connectivity index (χ1) is 9.25. The average molecular weight is 254 g/mol. The van der Waals surface area contributed by atoms with Gasteiger partial charge in [-0.15, -0.1) is 0 Å². The van der Waals surface area contributed by atoms with Crippen molar-refractivity contribution in [2.45, 2.75) is 25.8 Å². The van der Waals surface area contributed by atoms with E-state index in [2.05, 4.69) is 20.9 Å². The van der Waals surface area contributed by atoms with Gasteiger partial charge in [-0.1, -0.05) is 6.07 Å². The van der Waals surface area contributed by atoms with Crippen LogP contribution in [0.4, 0.5) is 11.5 Å². The van der Waals surface area contributed by atoms with Crippen LogP contribution in [0, 0.1) is 6.92 Å². The summed E-state index contributed by atoms with van der Waals surface area (Å²) in [6, 6.07) is 6.44. The Hall–Kier alpha value is -2.10. The number of anilines is 2. The molecule has 2 N–H and O–H groups in total. The molecular formula is C15H18N4. The van der Waals surface area contributed by atoms with E-state index in [-0.39, 0.29) is 0 Å². The van der Waals surface area contributed by atoms with Crippen LogP contribution < -0.4 is 10.6 Å². The van der Waals surface area contributed by atoms with Crippen LogP contribution in [0.3, 0.4) is 0 Å². The van der Waals surface area contributed by atoms with E-state index in [4.69, 9.17) is 5.73 Å². The Labute approximate surface area is 113 Å². The number of hydrogen-bond acceptors (Lipinski definition) is 4. The van der Waals surface area contributed by atoms with Gasteiger partial charge in [0.2, 0.25) is 0 Å². The molecule has 4 nitrogen and oxygen atoms in total. The van der Waals surface area contributed by atoms with Crippen molar-refractivity contribution in [1.29, 1.82) is 0 Å². The van der Waals surface area contributed by atoms with Gasteiger partial charge >= 0.3 is 0 Å². The Morgan fingerprint density at radius 3 is 3.00 bits per heavy atom. The minimum Gasteiger partial charge on any atom is -0.396 e. The van der Waals surface area contributed by atoms with Crippen LogP contribution in [0.5, 0.6) is 0 Å². The quantitative estimate of drug-likeness (QED) is 0.895. The third kappa shape index (κ3) is 2.26. The minimum atomic E-state index is 0.339. The van der Waals surface area contributed by atoms with Gasteiger partial charge in [-0.25, -0.2) is 4.98 Å². The molecule has 1 fully saturated rings. The fraction of sp³-hybridized carbons (Fsp3) is 0.333. The molecular weight excluding hydrogens is 236 g/mol. The predicted octanol–water partition coefficient (Wildman–Crippen LogP) is 2.71. The second-order valence-electron chi connectivity index (χ2n) is 5.06. The second kappa shape index (κ2) is 4.88. The van der Waals surface area contributed by atoms with Gasteiger partial charge in [-0.2, -0.15) is 0 Å². The molecule has 1 saturated heterocycles. The summed E-state index contributed by atoms with van der Waals surface area (Å²) in [7, 11) is 0. The second-order valence-corrected chi connectivity index (χ2v) is 5.06. The molecule has 3 heterocycles. The van der Waals surface area contributed by atoms with Gasteiger partial charge in [0.1, 0.15) is 0 Å². The van der Waals surface area contributed by atoms with Crippen molar-refractivity contribution in [2.24, 2.45) is 0 Å². The topological polar surface area (TPSA) is 55.0 Å². The monoisotopic (exact) mass is 254 g/mol. The zero-order chi connectivity index (χ0) is 13.2. The van der Waals surface area contributed by atoms with Crippen LogP contribution in [0.2, 0.25) is 0 Å². The third-order valence-corrected chi connectivity index (χ3v) is 3.63. The highest BCUT2D eigenvalue weighted by Gasteiger charge is 2.28. The molecule has 1 unspecified atom stereocenters. The summed E-state index contributed by atoms with van der Waals surface area (Å²) in [5.41, 5.74) is 9.22. The lowest BCUT2D eigenvalue weighted by atomic mass is 10.1. The summed E-state index contributed by atoms with van der Waals surface area (Å²) < 4.78 is 0. The van der Waals surface area contributed by atoms with Crippen LogP contribution in [-0.2, 0) is 0 Å². The van der Waals surface area contributed by atoms with Gasteiger partial charge in [0.05, 0.1) is 11.7 Å². The highest BCUT2D eigenvalue weighted by molar-refractivity contribution is 5.64. The molecule has 0 aliphatic carbocycles. The molecule has 4 heteroatoms. The van der Waals surface area contributed by atoms with Crippen molar-refractivity contribution in [2.75, 3.05) is 17.2 Å². The number of rotatable bonds is 2. The van der Waals surface area contributed by atoms with Crippen LogP contribution in [0.25, 0.3) is 0 Å². The van der Waals surface area contributed by atoms with Crippen molar-refractivity contribution < 1.29 is 0 Å². The maximum Gasteiger partial charge on any atom is 0.152 e. The number of aryl methyl sites for hydroxylation is 1. The molecule has 0 radical (unpaired) electrons. The third-order valence-electron chi connectivity index (χ3n) is 3.63. The van der Waals surface area contributed by atoms with Crippen molar-refractivity contribution in [3.63, 3.8) is 0 Å². The number of nitrogens with zero attached hydrogens (tertiary/aromatic N) is 3. The fourth-order valence-electron chi connectivity index (χ4n) is 2.76. The van der Waals surface area contributed by atoms with Crippen LogP contribution in [0.1, 0.15) is 30.0 Å². The molecule has 0 aromatic carbocycles. The van der Waals surface area contributed by atoms with Gasteiger partial charge in [-0.05, 0) is 43.0 Å². The van der Waals surface area contributed by atoms with Gasteiger partial charge in [0, 0.05) is 25.1 Å². The van der Waals surface area contributed by atoms with E-state index in [9.17, 15) is 0 Å². The van der Waals surface area contributed by atoms with E-state index >= 15 is 0 Å². The van der Waals surface area contributed by atoms with Gasteiger partial charge < -0.3 is 10.6 Å². The number of pyridine rings is 2. The summed E-state index contributed by atoms with van der Waals surface area (Å²) in [6.07, 6.45) is 7.91. The Bertz CT molecular complexity index is 568. The van der Waals surface area contributed by atoms with E-state index in [1.807, 2.05) is 31.5 Å². The highest BCUT2D eigenvalue weighted by atomic mass is 15.2. The first-order valence-corrected chi connectivity index (χ1v) is 6.64. The lowest BCUT2D eigenvalue weighted by molar-refractivity contribution is 0.709. The summed E-state index contributed by atoms with van der Waals surface area (Å²) in [5.74, 6) is 0.900. The Morgan fingerprint density at radius 2 is 2.26 bits per heavy atom. The zero-order valence-electron chi connectivity index (χ0n) is 11.1. The highest BCUT2D eigenvalue weighted by Crippen LogP contribution is 2.37. The standard InChI is InChI=1S/C15H18N4/c1-11-8-13(16)15(18-9-11)19-7-3-5-14(19)12-4-2-6-17-10-12/h2,4,6,8-10,14H,3,5,7,16H2,1H3. The summed E-state index contributed by atoms with van der Waals surface area (Å²) in [5, 5.41) is 0. The molecule has 0 spiro atoms. The SMILES string of the molecule is Cc1cnc(N2CCCC2c2cccnc2)c(N)c1. The largest absolute Gasteiger partial charge is 0.396 e. The van der Waals surface area contributed by atoms with E-state index in [1.54, 1.807) is 6.20 Å². The normalized spacial score (nSPS) is 18.8. The molecule has 2 aromatic rings. The van der Waals surface area contributed by atoms with E-state index in [1.165, 1.54) is 5.56 Å². The Balaban J connectivity index is 1.95. The zero-order valence-corrected chi connectivity index (χ0v) is 11.1. The lowest BCUT2D eigenvalue weighted by Crippen LogP contribution is -2.24. The van der Waals surface area contributed by atoms with Crippen molar-refractivity contribution >= 4 is 11.5 Å². The number of nitrogen functional groups attached to an aromatic ring is 1. The summed E-state index contributed by atoms with van der Waals surface area (Å²) >= 11 is 0. The molecule has 98 valence electrons. The smallest absolute Gasteiger partial charge is 0.152 e. The lowest BCUT2D eigenvalue weighted by Gasteiger charge is -2.27. The Kier molecular flexibility index (Phi) is 3.07. The Morgan fingerprint density at radius 1 is 1.37 bits per heavy atom. The van der Waals surface area contributed by atoms with E-state index in [0.717, 1.165) is 36.5 Å². The minimum absolute atomic E-state index is 0.339. The van der Waals surface area contributed by atoms with Crippen molar-refractivity contribution in [3.8, 4) is 0 Å². The maximum absolute atomic E-state index is 6.12. The van der Waals surface area contributed by atoms with Crippen LogP contribution in [0.15, 0.2) is 36.8 Å². The molecule has 2 aromatic heterocycles. The maximum atomic E-state index is 6.12. The van der Waals surface area contributed by atoms with Gasteiger partial charge in [0.15, 0.2) is 5.82 Å². The van der Waals surface area contributed by atoms with Gasteiger partial charge in [-0.3, -0.25) is 4.98 Å². The molecule has 1 atom stereocenters.